The van der Waals surface area contributed by atoms with Gasteiger partial charge in [0.05, 0.1) is 0 Å². The Hall–Kier alpha value is -3.07. The first-order chi connectivity index (χ1) is 17.2. The lowest BCUT2D eigenvalue weighted by atomic mass is 9.95. The number of carbonyl (C=O) groups excluding carboxylic acids is 3. The monoisotopic (exact) mass is 515 g/mol. The van der Waals surface area contributed by atoms with Gasteiger partial charge in [-0.3, -0.25) is 23.5 Å². The van der Waals surface area contributed by atoms with E-state index in [1.54, 1.807) is 13.0 Å². The largest absolute Gasteiger partial charge is 0.352 e. The van der Waals surface area contributed by atoms with E-state index in [2.05, 4.69) is 10.6 Å². The molecule has 7 nitrogen and oxygen atoms in total. The predicted molar refractivity (Wildman–Crippen MR) is 141 cm³/mol. The number of amides is 3. The zero-order valence-corrected chi connectivity index (χ0v) is 21.8. The molecule has 0 radical (unpaired) electrons. The molecule has 3 amide bonds. The summed E-state index contributed by atoms with van der Waals surface area (Å²) in [5.74, 6) is -2.54. The van der Waals surface area contributed by atoms with Crippen LogP contribution in [0.25, 0.3) is 0 Å². The van der Waals surface area contributed by atoms with Crippen molar-refractivity contribution in [1.29, 1.82) is 0 Å². The van der Waals surface area contributed by atoms with Crippen LogP contribution < -0.4 is 15.5 Å². The van der Waals surface area contributed by atoms with Crippen molar-refractivity contribution in [2.24, 2.45) is 0 Å². The average Bonchev–Trinajstić information content (AvgIpc) is 2.83. The number of hydrogen-bond donors (Lipinski definition) is 2. The molecule has 3 rings (SSSR count). The summed E-state index contributed by atoms with van der Waals surface area (Å²) in [6, 6.07) is 10.00. The summed E-state index contributed by atoms with van der Waals surface area (Å²) in [6.45, 7) is 5.47. The first kappa shape index (κ1) is 27.5. The number of nitrogens with one attached hydrogen (secondary N) is 2. The van der Waals surface area contributed by atoms with E-state index in [4.69, 9.17) is 0 Å². The highest BCUT2D eigenvalue weighted by atomic mass is 32.2. The van der Waals surface area contributed by atoms with Crippen molar-refractivity contribution in [2.75, 3.05) is 21.7 Å². The fraction of sp³-hybridized carbons (Fsp3) is 0.444. The molecule has 2 atom stereocenters. The van der Waals surface area contributed by atoms with Crippen LogP contribution in [0, 0.1) is 19.7 Å². The van der Waals surface area contributed by atoms with Crippen LogP contribution in [0.4, 0.5) is 15.8 Å². The quantitative estimate of drug-likeness (QED) is 0.528. The summed E-state index contributed by atoms with van der Waals surface area (Å²) < 4.78 is 25.8. The maximum atomic E-state index is 13.4. The van der Waals surface area contributed by atoms with Gasteiger partial charge >= 0.3 is 0 Å². The molecule has 0 unspecified atom stereocenters. The predicted octanol–water partition coefficient (Wildman–Crippen LogP) is 4.00. The van der Waals surface area contributed by atoms with Crippen molar-refractivity contribution in [3.63, 3.8) is 0 Å². The molecule has 1 aliphatic carbocycles. The molecule has 1 aliphatic rings. The van der Waals surface area contributed by atoms with E-state index in [0.717, 1.165) is 43.2 Å². The Morgan fingerprint density at radius 2 is 1.69 bits per heavy atom. The molecule has 2 aromatic carbocycles. The van der Waals surface area contributed by atoms with Crippen LogP contribution in [-0.4, -0.2) is 45.5 Å². The summed E-state index contributed by atoms with van der Waals surface area (Å²) >= 11 is 0. The molecule has 1 saturated carbocycles. The van der Waals surface area contributed by atoms with Gasteiger partial charge in [0, 0.05) is 28.2 Å². The SMILES string of the molecule is Cc1cccc(N(C(=O)C[S@](=O)CC(=O)Nc2ccc(F)cc2)[C@H](C)C(=O)NC2CCCCC2)c1C. The van der Waals surface area contributed by atoms with Crippen molar-refractivity contribution in [3.8, 4) is 0 Å². The molecule has 0 heterocycles. The van der Waals surface area contributed by atoms with E-state index in [0.29, 0.717) is 11.4 Å². The molecule has 0 spiro atoms. The molecule has 2 aromatic rings. The van der Waals surface area contributed by atoms with Gasteiger partial charge in [0.15, 0.2) is 0 Å². The van der Waals surface area contributed by atoms with Gasteiger partial charge in [0.2, 0.25) is 17.7 Å². The summed E-state index contributed by atoms with van der Waals surface area (Å²) in [5.41, 5.74) is 2.77. The smallest absolute Gasteiger partial charge is 0.243 e. The van der Waals surface area contributed by atoms with Crippen LogP contribution in [-0.2, 0) is 25.2 Å². The fourth-order valence-electron chi connectivity index (χ4n) is 4.38. The highest BCUT2D eigenvalue weighted by molar-refractivity contribution is 7.86. The van der Waals surface area contributed by atoms with Gasteiger partial charge < -0.3 is 10.6 Å². The summed E-state index contributed by atoms with van der Waals surface area (Å²) in [5, 5.41) is 5.62. The topological polar surface area (TPSA) is 95.6 Å². The molecule has 1 fully saturated rings. The molecule has 0 saturated heterocycles. The number of rotatable bonds is 9. The molecule has 0 aromatic heterocycles. The van der Waals surface area contributed by atoms with Crippen LogP contribution in [0.5, 0.6) is 0 Å². The van der Waals surface area contributed by atoms with Gasteiger partial charge in [0.25, 0.3) is 0 Å². The van der Waals surface area contributed by atoms with E-state index in [9.17, 15) is 23.0 Å². The van der Waals surface area contributed by atoms with Gasteiger partial charge in [-0.05, 0) is 75.1 Å². The zero-order valence-electron chi connectivity index (χ0n) is 21.0. The molecular weight excluding hydrogens is 481 g/mol. The summed E-state index contributed by atoms with van der Waals surface area (Å²) in [7, 11) is -1.81. The third kappa shape index (κ3) is 7.46. The first-order valence-corrected chi connectivity index (χ1v) is 13.7. The Morgan fingerprint density at radius 1 is 1.03 bits per heavy atom. The Balaban J connectivity index is 1.72. The van der Waals surface area contributed by atoms with E-state index < -0.39 is 46.0 Å². The van der Waals surface area contributed by atoms with Crippen molar-refractivity contribution >= 4 is 39.9 Å². The summed E-state index contributed by atoms with van der Waals surface area (Å²) in [6.07, 6.45) is 5.14. The van der Waals surface area contributed by atoms with E-state index in [1.807, 2.05) is 26.0 Å². The Kier molecular flexibility index (Phi) is 9.75. The Labute approximate surface area is 214 Å². The lowest BCUT2D eigenvalue weighted by Gasteiger charge is -2.32. The molecule has 9 heteroatoms. The fourth-order valence-corrected chi connectivity index (χ4v) is 5.26. The molecule has 36 heavy (non-hydrogen) atoms. The second kappa shape index (κ2) is 12.8. The minimum atomic E-state index is -1.81. The molecular formula is C27H34FN3O4S. The van der Waals surface area contributed by atoms with Crippen LogP contribution in [0.3, 0.4) is 0 Å². The number of halogens is 1. The normalized spacial score (nSPS) is 15.6. The van der Waals surface area contributed by atoms with Gasteiger partial charge in [-0.2, -0.15) is 0 Å². The van der Waals surface area contributed by atoms with Gasteiger partial charge in [0.1, 0.15) is 23.4 Å². The third-order valence-corrected chi connectivity index (χ3v) is 7.68. The molecule has 0 aliphatic heterocycles. The number of benzene rings is 2. The minimum Gasteiger partial charge on any atom is -0.352 e. The lowest BCUT2D eigenvalue weighted by molar-refractivity contribution is -0.126. The number of nitrogens with zero attached hydrogens (tertiary/aromatic N) is 1. The van der Waals surface area contributed by atoms with Gasteiger partial charge in [-0.15, -0.1) is 0 Å². The van der Waals surface area contributed by atoms with Crippen LogP contribution in [0.15, 0.2) is 42.5 Å². The van der Waals surface area contributed by atoms with Crippen LogP contribution in [0.2, 0.25) is 0 Å². The number of anilines is 2. The zero-order chi connectivity index (χ0) is 26.2. The van der Waals surface area contributed by atoms with Crippen molar-refractivity contribution in [1.82, 2.24) is 5.32 Å². The van der Waals surface area contributed by atoms with Crippen molar-refractivity contribution < 1.29 is 23.0 Å². The van der Waals surface area contributed by atoms with Crippen molar-refractivity contribution in [3.05, 3.63) is 59.4 Å². The minimum absolute atomic E-state index is 0.0912. The van der Waals surface area contributed by atoms with Crippen molar-refractivity contribution in [2.45, 2.75) is 65.0 Å². The molecule has 194 valence electrons. The summed E-state index contributed by atoms with van der Waals surface area (Å²) in [4.78, 5) is 40.3. The second-order valence-electron chi connectivity index (χ2n) is 9.29. The Bertz CT molecular complexity index is 1120. The van der Waals surface area contributed by atoms with Gasteiger partial charge in [-0.25, -0.2) is 4.39 Å². The van der Waals surface area contributed by atoms with E-state index in [1.165, 1.54) is 29.2 Å². The highest BCUT2D eigenvalue weighted by Crippen LogP contribution is 2.26. The maximum absolute atomic E-state index is 13.4. The highest BCUT2D eigenvalue weighted by Gasteiger charge is 2.31. The lowest BCUT2D eigenvalue weighted by Crippen LogP contribution is -2.52. The maximum Gasteiger partial charge on any atom is 0.243 e. The molecule has 2 N–H and O–H groups in total. The van der Waals surface area contributed by atoms with Crippen LogP contribution in [0.1, 0.15) is 50.2 Å². The van der Waals surface area contributed by atoms with Crippen LogP contribution >= 0.6 is 0 Å². The van der Waals surface area contributed by atoms with E-state index in [-0.39, 0.29) is 11.9 Å². The number of carbonyl (C=O) groups is 3. The average molecular weight is 516 g/mol. The third-order valence-electron chi connectivity index (χ3n) is 6.53. The molecule has 0 bridgehead atoms. The first-order valence-electron chi connectivity index (χ1n) is 12.2. The Morgan fingerprint density at radius 3 is 2.36 bits per heavy atom. The van der Waals surface area contributed by atoms with E-state index >= 15 is 0 Å². The number of aryl methyl sites for hydroxylation is 1. The van der Waals surface area contributed by atoms with Gasteiger partial charge in [-0.1, -0.05) is 31.4 Å². The standard InChI is InChI=1S/C27H34FN3O4S/c1-18-8-7-11-24(19(18)2)31(20(3)27(34)30-22-9-5-4-6-10-22)26(33)17-36(35)16-25(32)29-23-14-12-21(28)13-15-23/h7-8,11-15,20,22H,4-6,9-10,16-17H2,1-3H3,(H,29,32)(H,30,34)/t20-,36-/m1/s1. The second-order valence-corrected chi connectivity index (χ2v) is 10.7. The number of hydrogen-bond acceptors (Lipinski definition) is 4.